The SMILES string of the molecule is CC1SCCC1NCCC(=O)N1CCCC1. The molecular formula is C12H22N2OS. The Morgan fingerprint density at radius 1 is 1.44 bits per heavy atom. The average Bonchev–Trinajstić information content (AvgIpc) is 2.90. The first-order chi connectivity index (χ1) is 7.77. The largest absolute Gasteiger partial charge is 0.343 e. The number of likely N-dealkylation sites (tertiary alicyclic amines) is 1. The molecule has 0 radical (unpaired) electrons. The summed E-state index contributed by atoms with van der Waals surface area (Å²) in [5.74, 6) is 1.60. The summed E-state index contributed by atoms with van der Waals surface area (Å²) in [6, 6.07) is 0.622. The molecule has 2 unspecified atom stereocenters. The number of carbonyl (C=O) groups excluding carboxylic acids is 1. The maximum Gasteiger partial charge on any atom is 0.223 e. The molecule has 0 aromatic rings. The molecule has 2 aliphatic heterocycles. The van der Waals surface area contributed by atoms with Gasteiger partial charge in [-0.25, -0.2) is 0 Å². The predicted molar refractivity (Wildman–Crippen MR) is 68.8 cm³/mol. The van der Waals surface area contributed by atoms with Crippen molar-refractivity contribution in [2.45, 2.75) is 43.9 Å². The summed E-state index contributed by atoms with van der Waals surface area (Å²) in [6.45, 7) is 5.09. The van der Waals surface area contributed by atoms with Gasteiger partial charge < -0.3 is 10.2 Å². The number of amides is 1. The van der Waals surface area contributed by atoms with Crippen LogP contribution in [-0.4, -0.2) is 47.5 Å². The van der Waals surface area contributed by atoms with Gasteiger partial charge in [0.05, 0.1) is 0 Å². The quantitative estimate of drug-likeness (QED) is 0.810. The number of thioether (sulfide) groups is 1. The summed E-state index contributed by atoms with van der Waals surface area (Å²) >= 11 is 2.03. The highest BCUT2D eigenvalue weighted by Gasteiger charge is 2.24. The van der Waals surface area contributed by atoms with Crippen molar-refractivity contribution in [2.75, 3.05) is 25.4 Å². The fourth-order valence-electron chi connectivity index (χ4n) is 2.49. The lowest BCUT2D eigenvalue weighted by atomic mass is 10.1. The van der Waals surface area contributed by atoms with Gasteiger partial charge in [0.1, 0.15) is 0 Å². The van der Waals surface area contributed by atoms with Gasteiger partial charge in [0.25, 0.3) is 0 Å². The molecule has 3 nitrogen and oxygen atoms in total. The molecule has 2 fully saturated rings. The van der Waals surface area contributed by atoms with E-state index in [0.29, 0.717) is 23.6 Å². The molecule has 2 rings (SSSR count). The van der Waals surface area contributed by atoms with Crippen molar-refractivity contribution in [3.8, 4) is 0 Å². The minimum atomic E-state index is 0.336. The molecule has 2 heterocycles. The van der Waals surface area contributed by atoms with E-state index in [1.807, 2.05) is 16.7 Å². The zero-order valence-electron chi connectivity index (χ0n) is 10.1. The maximum absolute atomic E-state index is 11.8. The minimum Gasteiger partial charge on any atom is -0.343 e. The topological polar surface area (TPSA) is 32.3 Å². The van der Waals surface area contributed by atoms with Gasteiger partial charge >= 0.3 is 0 Å². The highest BCUT2D eigenvalue weighted by Crippen LogP contribution is 2.25. The van der Waals surface area contributed by atoms with Crippen LogP contribution in [0.3, 0.4) is 0 Å². The lowest BCUT2D eigenvalue weighted by Crippen LogP contribution is -2.37. The van der Waals surface area contributed by atoms with E-state index in [-0.39, 0.29) is 0 Å². The van der Waals surface area contributed by atoms with E-state index in [4.69, 9.17) is 0 Å². The maximum atomic E-state index is 11.8. The number of nitrogens with one attached hydrogen (secondary N) is 1. The molecule has 0 aromatic carbocycles. The predicted octanol–water partition coefficient (Wildman–Crippen LogP) is 1.48. The second-order valence-electron chi connectivity index (χ2n) is 4.76. The van der Waals surface area contributed by atoms with Crippen molar-refractivity contribution in [1.82, 2.24) is 10.2 Å². The van der Waals surface area contributed by atoms with Crippen molar-refractivity contribution in [1.29, 1.82) is 0 Å². The van der Waals surface area contributed by atoms with Gasteiger partial charge in [-0.05, 0) is 25.0 Å². The summed E-state index contributed by atoms with van der Waals surface area (Å²) in [7, 11) is 0. The van der Waals surface area contributed by atoms with Crippen molar-refractivity contribution in [2.24, 2.45) is 0 Å². The average molecular weight is 242 g/mol. The first kappa shape index (κ1) is 12.2. The lowest BCUT2D eigenvalue weighted by molar-refractivity contribution is -0.130. The summed E-state index contributed by atoms with van der Waals surface area (Å²) in [5.41, 5.74) is 0. The minimum absolute atomic E-state index is 0.336. The lowest BCUT2D eigenvalue weighted by Gasteiger charge is -2.18. The molecule has 2 atom stereocenters. The smallest absolute Gasteiger partial charge is 0.223 e. The fraction of sp³-hybridized carbons (Fsp3) is 0.917. The van der Waals surface area contributed by atoms with Crippen LogP contribution in [0, 0.1) is 0 Å². The van der Waals surface area contributed by atoms with Crippen LogP contribution in [-0.2, 0) is 4.79 Å². The van der Waals surface area contributed by atoms with Crippen molar-refractivity contribution in [3.05, 3.63) is 0 Å². The van der Waals surface area contributed by atoms with Crippen molar-refractivity contribution in [3.63, 3.8) is 0 Å². The number of carbonyl (C=O) groups is 1. The van der Waals surface area contributed by atoms with Crippen LogP contribution in [0.25, 0.3) is 0 Å². The molecule has 0 spiro atoms. The molecule has 0 saturated carbocycles. The van der Waals surface area contributed by atoms with Crippen LogP contribution in [0.2, 0.25) is 0 Å². The molecule has 2 aliphatic rings. The summed E-state index contributed by atoms with van der Waals surface area (Å²) < 4.78 is 0. The van der Waals surface area contributed by atoms with Gasteiger partial charge in [0, 0.05) is 37.3 Å². The van der Waals surface area contributed by atoms with Crippen LogP contribution in [0.1, 0.15) is 32.6 Å². The molecule has 92 valence electrons. The Morgan fingerprint density at radius 2 is 2.19 bits per heavy atom. The molecule has 0 aliphatic carbocycles. The van der Waals surface area contributed by atoms with Crippen molar-refractivity contribution >= 4 is 17.7 Å². The molecule has 1 N–H and O–H groups in total. The Morgan fingerprint density at radius 3 is 2.81 bits per heavy atom. The third-order valence-corrected chi connectivity index (χ3v) is 4.91. The number of hydrogen-bond acceptors (Lipinski definition) is 3. The monoisotopic (exact) mass is 242 g/mol. The molecule has 1 amide bonds. The van der Waals surface area contributed by atoms with E-state index < -0.39 is 0 Å². The van der Waals surface area contributed by atoms with Crippen LogP contribution in [0.15, 0.2) is 0 Å². The molecule has 2 saturated heterocycles. The Kier molecular flexibility index (Phi) is 4.53. The second kappa shape index (κ2) is 5.92. The van der Waals surface area contributed by atoms with E-state index in [1.165, 1.54) is 25.0 Å². The van der Waals surface area contributed by atoms with Crippen LogP contribution >= 0.6 is 11.8 Å². The standard InChI is InChI=1S/C12H22N2OS/c1-10-11(5-9-16-10)13-6-4-12(15)14-7-2-3-8-14/h10-11,13H,2-9H2,1H3. The Labute approximate surface area is 102 Å². The highest BCUT2D eigenvalue weighted by atomic mass is 32.2. The molecular weight excluding hydrogens is 220 g/mol. The van der Waals surface area contributed by atoms with Gasteiger partial charge in [-0.1, -0.05) is 6.92 Å². The normalized spacial score (nSPS) is 29.9. The zero-order valence-corrected chi connectivity index (χ0v) is 10.9. The van der Waals surface area contributed by atoms with Gasteiger partial charge in [-0.3, -0.25) is 4.79 Å². The number of rotatable bonds is 4. The number of hydrogen-bond donors (Lipinski definition) is 1. The Hall–Kier alpha value is -0.220. The van der Waals surface area contributed by atoms with Gasteiger partial charge in [-0.15, -0.1) is 0 Å². The Bertz CT molecular complexity index is 241. The van der Waals surface area contributed by atoms with Gasteiger partial charge in [-0.2, -0.15) is 11.8 Å². The zero-order chi connectivity index (χ0) is 11.4. The fourth-order valence-corrected chi connectivity index (χ4v) is 3.72. The van der Waals surface area contributed by atoms with E-state index in [9.17, 15) is 4.79 Å². The first-order valence-electron chi connectivity index (χ1n) is 6.40. The van der Waals surface area contributed by atoms with Gasteiger partial charge in [0.15, 0.2) is 0 Å². The van der Waals surface area contributed by atoms with Crippen molar-refractivity contribution < 1.29 is 4.79 Å². The van der Waals surface area contributed by atoms with Crippen LogP contribution in [0.5, 0.6) is 0 Å². The summed E-state index contributed by atoms with van der Waals surface area (Å²) in [5, 5.41) is 4.23. The van der Waals surface area contributed by atoms with Gasteiger partial charge in [0.2, 0.25) is 5.91 Å². The molecule has 4 heteroatoms. The second-order valence-corrected chi connectivity index (χ2v) is 6.25. The molecule has 16 heavy (non-hydrogen) atoms. The highest BCUT2D eigenvalue weighted by molar-refractivity contribution is 8.00. The van der Waals surface area contributed by atoms with E-state index in [0.717, 1.165) is 19.6 Å². The molecule has 0 bridgehead atoms. The Balaban J connectivity index is 1.61. The third kappa shape index (κ3) is 3.14. The number of nitrogens with zero attached hydrogens (tertiary/aromatic N) is 1. The van der Waals surface area contributed by atoms with Crippen LogP contribution in [0.4, 0.5) is 0 Å². The van der Waals surface area contributed by atoms with E-state index in [1.54, 1.807) is 0 Å². The van der Waals surface area contributed by atoms with E-state index in [2.05, 4.69) is 12.2 Å². The third-order valence-electron chi connectivity index (χ3n) is 3.58. The molecule has 0 aromatic heterocycles. The van der Waals surface area contributed by atoms with Crippen LogP contribution < -0.4 is 5.32 Å². The van der Waals surface area contributed by atoms with E-state index >= 15 is 0 Å². The first-order valence-corrected chi connectivity index (χ1v) is 7.45. The summed E-state index contributed by atoms with van der Waals surface area (Å²) in [6.07, 6.45) is 4.31. The summed E-state index contributed by atoms with van der Waals surface area (Å²) in [4.78, 5) is 13.8.